The zero-order valence-corrected chi connectivity index (χ0v) is 9.84. The highest BCUT2D eigenvalue weighted by atomic mass is 19.3. The van der Waals surface area contributed by atoms with Gasteiger partial charge in [-0.1, -0.05) is 36.8 Å². The highest BCUT2D eigenvalue weighted by Gasteiger charge is 2.06. The van der Waals surface area contributed by atoms with Gasteiger partial charge in [-0.15, -0.1) is 0 Å². The normalized spacial score (nSPS) is 19.4. The van der Waals surface area contributed by atoms with E-state index in [1.165, 1.54) is 31.6 Å². The summed E-state index contributed by atoms with van der Waals surface area (Å²) >= 11 is 0. The molecule has 90 valence electrons. The van der Waals surface area contributed by atoms with Crippen molar-refractivity contribution in [3.05, 3.63) is 35.4 Å². The summed E-state index contributed by atoms with van der Waals surface area (Å²) in [5.41, 5.74) is 1.09. The maximum atomic E-state index is 11.9. The maximum absolute atomic E-state index is 11.9. The zero-order valence-electron chi connectivity index (χ0n) is 9.84. The van der Waals surface area contributed by atoms with E-state index in [1.54, 1.807) is 12.1 Å². The second-order valence-electron chi connectivity index (χ2n) is 4.31. The standard InChI is InChI=1S/C8H8F2.C5H11N/c1-6-2-4-7(5-3-6)8(9)10;1-5-2-3-6-4-5/h2-5,8H,1H3;5-6H,2-4H2,1H3. The van der Waals surface area contributed by atoms with Crippen LogP contribution in [0.25, 0.3) is 0 Å². The van der Waals surface area contributed by atoms with Crippen molar-refractivity contribution in [1.29, 1.82) is 0 Å². The second kappa shape index (κ2) is 6.59. The zero-order chi connectivity index (χ0) is 12.0. The van der Waals surface area contributed by atoms with Crippen LogP contribution >= 0.6 is 0 Å². The molecule has 1 N–H and O–H groups in total. The average Bonchev–Trinajstić information content (AvgIpc) is 2.71. The molecule has 1 saturated heterocycles. The first-order chi connectivity index (χ1) is 7.59. The van der Waals surface area contributed by atoms with Gasteiger partial charge in [-0.3, -0.25) is 0 Å². The van der Waals surface area contributed by atoms with Gasteiger partial charge in [0.2, 0.25) is 0 Å². The summed E-state index contributed by atoms with van der Waals surface area (Å²) in [6.07, 6.45) is -0.972. The van der Waals surface area contributed by atoms with Crippen LogP contribution in [0.15, 0.2) is 24.3 Å². The molecule has 0 saturated carbocycles. The van der Waals surface area contributed by atoms with Crippen LogP contribution in [-0.2, 0) is 0 Å². The van der Waals surface area contributed by atoms with Gasteiger partial charge in [0.25, 0.3) is 6.43 Å². The van der Waals surface area contributed by atoms with Gasteiger partial charge in [-0.25, -0.2) is 8.78 Å². The highest BCUT2D eigenvalue weighted by Crippen LogP contribution is 2.17. The first-order valence-electron chi connectivity index (χ1n) is 5.65. The van der Waals surface area contributed by atoms with E-state index in [1.807, 2.05) is 6.92 Å². The number of benzene rings is 1. The molecule has 0 radical (unpaired) electrons. The number of halogens is 2. The van der Waals surface area contributed by atoms with Crippen LogP contribution in [0.4, 0.5) is 8.78 Å². The van der Waals surface area contributed by atoms with Crippen LogP contribution in [0, 0.1) is 12.8 Å². The van der Waals surface area contributed by atoms with Gasteiger partial charge in [0.05, 0.1) is 0 Å². The molecule has 1 fully saturated rings. The molecular weight excluding hydrogens is 208 g/mol. The van der Waals surface area contributed by atoms with E-state index in [0.29, 0.717) is 0 Å². The molecule has 1 nitrogen and oxygen atoms in total. The Hall–Kier alpha value is -0.960. The van der Waals surface area contributed by atoms with Crippen LogP contribution < -0.4 is 5.32 Å². The molecule has 0 aromatic heterocycles. The number of rotatable bonds is 1. The third-order valence-corrected chi connectivity index (χ3v) is 2.64. The number of hydrogen-bond acceptors (Lipinski definition) is 1. The lowest BCUT2D eigenvalue weighted by molar-refractivity contribution is 0.151. The SMILES string of the molecule is CC1CCNC1.Cc1ccc(C(F)F)cc1. The minimum absolute atomic E-state index is 0.0885. The molecule has 1 aliphatic rings. The van der Waals surface area contributed by atoms with Gasteiger partial charge >= 0.3 is 0 Å². The monoisotopic (exact) mass is 227 g/mol. The van der Waals surface area contributed by atoms with Crippen molar-refractivity contribution in [3.8, 4) is 0 Å². The first kappa shape index (κ1) is 13.1. The van der Waals surface area contributed by atoms with Crippen LogP contribution in [0.1, 0.15) is 30.9 Å². The molecule has 1 aliphatic heterocycles. The smallest absolute Gasteiger partial charge is 0.263 e. The van der Waals surface area contributed by atoms with Gasteiger partial charge in [0, 0.05) is 5.56 Å². The fourth-order valence-electron chi connectivity index (χ4n) is 1.51. The second-order valence-corrected chi connectivity index (χ2v) is 4.31. The summed E-state index contributed by atoms with van der Waals surface area (Å²) in [7, 11) is 0. The Labute approximate surface area is 95.9 Å². The minimum Gasteiger partial charge on any atom is -0.316 e. The Bertz CT molecular complexity index is 289. The van der Waals surface area contributed by atoms with Crippen LogP contribution in [0.3, 0.4) is 0 Å². The van der Waals surface area contributed by atoms with E-state index >= 15 is 0 Å². The molecule has 1 atom stereocenters. The Balaban J connectivity index is 0.000000181. The van der Waals surface area contributed by atoms with E-state index in [0.717, 1.165) is 11.5 Å². The van der Waals surface area contributed by atoms with Gasteiger partial charge in [-0.05, 0) is 32.4 Å². The lowest BCUT2D eigenvalue weighted by atomic mass is 10.2. The molecule has 2 rings (SSSR count). The maximum Gasteiger partial charge on any atom is 0.263 e. The number of aryl methyl sites for hydroxylation is 1. The van der Waals surface area contributed by atoms with E-state index in [4.69, 9.17) is 0 Å². The molecule has 3 heteroatoms. The van der Waals surface area contributed by atoms with E-state index < -0.39 is 6.43 Å². The van der Waals surface area contributed by atoms with Crippen LogP contribution in [0.2, 0.25) is 0 Å². The summed E-state index contributed by atoms with van der Waals surface area (Å²) < 4.78 is 23.8. The summed E-state index contributed by atoms with van der Waals surface area (Å²) in [6, 6.07) is 6.25. The predicted octanol–water partition coefficient (Wildman–Crippen LogP) is 3.55. The molecule has 0 bridgehead atoms. The molecular formula is C13H19F2N. The largest absolute Gasteiger partial charge is 0.316 e. The number of hydrogen-bond donors (Lipinski definition) is 1. The van der Waals surface area contributed by atoms with Crippen molar-refractivity contribution in [1.82, 2.24) is 5.32 Å². The molecule has 0 amide bonds. The molecule has 0 spiro atoms. The predicted molar refractivity (Wildman–Crippen MR) is 62.8 cm³/mol. The Morgan fingerprint density at radius 1 is 1.25 bits per heavy atom. The number of nitrogens with one attached hydrogen (secondary N) is 1. The van der Waals surface area contributed by atoms with Gasteiger partial charge < -0.3 is 5.32 Å². The minimum atomic E-state index is -2.35. The molecule has 1 unspecified atom stereocenters. The average molecular weight is 227 g/mol. The molecule has 1 aromatic carbocycles. The Morgan fingerprint density at radius 2 is 1.88 bits per heavy atom. The van der Waals surface area contributed by atoms with Crippen molar-refractivity contribution < 1.29 is 8.78 Å². The fourth-order valence-corrected chi connectivity index (χ4v) is 1.51. The third-order valence-electron chi connectivity index (χ3n) is 2.64. The van der Waals surface area contributed by atoms with E-state index in [2.05, 4.69) is 12.2 Å². The van der Waals surface area contributed by atoms with Crippen LogP contribution in [0.5, 0.6) is 0 Å². The summed E-state index contributed by atoms with van der Waals surface area (Å²) in [5, 5.41) is 3.27. The molecule has 16 heavy (non-hydrogen) atoms. The lowest BCUT2D eigenvalue weighted by Gasteiger charge is -1.97. The summed E-state index contributed by atoms with van der Waals surface area (Å²) in [5.74, 6) is 0.935. The van der Waals surface area contributed by atoms with Crippen molar-refractivity contribution in [3.63, 3.8) is 0 Å². The fraction of sp³-hybridized carbons (Fsp3) is 0.538. The Kier molecular flexibility index (Phi) is 5.39. The molecule has 1 heterocycles. The first-order valence-corrected chi connectivity index (χ1v) is 5.65. The lowest BCUT2D eigenvalue weighted by Crippen LogP contribution is -2.06. The highest BCUT2D eigenvalue weighted by molar-refractivity contribution is 5.21. The van der Waals surface area contributed by atoms with Gasteiger partial charge in [0.1, 0.15) is 0 Å². The van der Waals surface area contributed by atoms with Crippen molar-refractivity contribution in [2.75, 3.05) is 13.1 Å². The quantitative estimate of drug-likeness (QED) is 0.773. The summed E-state index contributed by atoms with van der Waals surface area (Å²) in [6.45, 7) is 6.62. The van der Waals surface area contributed by atoms with Crippen molar-refractivity contribution in [2.24, 2.45) is 5.92 Å². The van der Waals surface area contributed by atoms with Gasteiger partial charge in [-0.2, -0.15) is 0 Å². The van der Waals surface area contributed by atoms with Crippen molar-refractivity contribution >= 4 is 0 Å². The van der Waals surface area contributed by atoms with Crippen molar-refractivity contribution in [2.45, 2.75) is 26.7 Å². The number of alkyl halides is 2. The third kappa shape index (κ3) is 4.71. The van der Waals surface area contributed by atoms with E-state index in [-0.39, 0.29) is 5.56 Å². The molecule has 1 aromatic rings. The van der Waals surface area contributed by atoms with E-state index in [9.17, 15) is 8.78 Å². The van der Waals surface area contributed by atoms with Crippen LogP contribution in [-0.4, -0.2) is 13.1 Å². The Morgan fingerprint density at radius 3 is 2.19 bits per heavy atom. The molecule has 0 aliphatic carbocycles. The topological polar surface area (TPSA) is 12.0 Å². The summed E-state index contributed by atoms with van der Waals surface area (Å²) in [4.78, 5) is 0. The van der Waals surface area contributed by atoms with Gasteiger partial charge in [0.15, 0.2) is 0 Å².